The van der Waals surface area contributed by atoms with Gasteiger partial charge in [0, 0.05) is 24.0 Å². The van der Waals surface area contributed by atoms with Crippen molar-refractivity contribution < 1.29 is 4.74 Å². The molecular formula is C11H13N3O. The van der Waals surface area contributed by atoms with Gasteiger partial charge in [-0.05, 0) is 12.1 Å². The van der Waals surface area contributed by atoms with Crippen LogP contribution in [-0.4, -0.2) is 17.1 Å². The van der Waals surface area contributed by atoms with E-state index < -0.39 is 0 Å². The van der Waals surface area contributed by atoms with Gasteiger partial charge in [0.1, 0.15) is 11.6 Å². The predicted molar refractivity (Wildman–Crippen MR) is 58.5 cm³/mol. The fourth-order valence-electron chi connectivity index (χ4n) is 1.38. The van der Waals surface area contributed by atoms with Gasteiger partial charge in [0.15, 0.2) is 0 Å². The summed E-state index contributed by atoms with van der Waals surface area (Å²) in [6.07, 6.45) is 1.74. The first-order chi connectivity index (χ1) is 7.33. The lowest BCUT2D eigenvalue weighted by Crippen LogP contribution is -1.95. The Labute approximate surface area is 88.1 Å². The Morgan fingerprint density at radius 3 is 3.00 bits per heavy atom. The molecule has 0 unspecified atom stereocenters. The van der Waals surface area contributed by atoms with Crippen molar-refractivity contribution in [3.8, 4) is 17.1 Å². The first kappa shape index (κ1) is 9.73. The van der Waals surface area contributed by atoms with Crippen LogP contribution in [0.25, 0.3) is 11.4 Å². The van der Waals surface area contributed by atoms with Crippen molar-refractivity contribution >= 4 is 0 Å². The number of aromatic amines is 1. The van der Waals surface area contributed by atoms with Crippen molar-refractivity contribution in [1.82, 2.24) is 9.97 Å². The third-order valence-corrected chi connectivity index (χ3v) is 2.19. The molecule has 0 saturated heterocycles. The van der Waals surface area contributed by atoms with Crippen LogP contribution in [0, 0.1) is 0 Å². The zero-order valence-electron chi connectivity index (χ0n) is 8.53. The number of aromatic nitrogens is 2. The van der Waals surface area contributed by atoms with Gasteiger partial charge in [0.05, 0.1) is 7.11 Å². The summed E-state index contributed by atoms with van der Waals surface area (Å²) in [5, 5.41) is 0. The zero-order chi connectivity index (χ0) is 10.7. The number of nitrogens with zero attached hydrogens (tertiary/aromatic N) is 1. The average Bonchev–Trinajstić information content (AvgIpc) is 2.78. The van der Waals surface area contributed by atoms with Crippen molar-refractivity contribution in [2.24, 2.45) is 5.73 Å². The summed E-state index contributed by atoms with van der Waals surface area (Å²) in [6.45, 7) is 0.469. The van der Waals surface area contributed by atoms with E-state index in [2.05, 4.69) is 9.97 Å². The molecular weight excluding hydrogens is 190 g/mol. The molecule has 0 amide bonds. The number of nitrogens with two attached hydrogens (primary N) is 1. The summed E-state index contributed by atoms with van der Waals surface area (Å²) >= 11 is 0. The summed E-state index contributed by atoms with van der Waals surface area (Å²) in [5.74, 6) is 1.63. The molecule has 78 valence electrons. The summed E-state index contributed by atoms with van der Waals surface area (Å²) in [6, 6.07) is 7.73. The van der Waals surface area contributed by atoms with Crippen molar-refractivity contribution in [3.63, 3.8) is 0 Å². The van der Waals surface area contributed by atoms with Crippen LogP contribution in [0.3, 0.4) is 0 Å². The third kappa shape index (κ3) is 1.99. The number of hydrogen-bond donors (Lipinski definition) is 2. The van der Waals surface area contributed by atoms with Crippen LogP contribution < -0.4 is 10.5 Å². The number of imidazole rings is 1. The molecule has 0 aliphatic carbocycles. The monoisotopic (exact) mass is 203 g/mol. The zero-order valence-corrected chi connectivity index (χ0v) is 8.53. The van der Waals surface area contributed by atoms with E-state index in [0.717, 1.165) is 22.8 Å². The van der Waals surface area contributed by atoms with E-state index >= 15 is 0 Å². The Kier molecular flexibility index (Phi) is 2.69. The molecule has 4 nitrogen and oxygen atoms in total. The van der Waals surface area contributed by atoms with E-state index in [1.807, 2.05) is 24.3 Å². The van der Waals surface area contributed by atoms with E-state index in [1.54, 1.807) is 13.3 Å². The van der Waals surface area contributed by atoms with Crippen molar-refractivity contribution in [2.75, 3.05) is 7.11 Å². The summed E-state index contributed by atoms with van der Waals surface area (Å²) in [7, 11) is 1.65. The SMILES string of the molecule is COc1cccc(-c2ncc(CN)[nH]2)c1. The van der Waals surface area contributed by atoms with Gasteiger partial charge < -0.3 is 15.5 Å². The Morgan fingerprint density at radius 1 is 1.47 bits per heavy atom. The molecule has 0 atom stereocenters. The molecule has 0 fully saturated rings. The van der Waals surface area contributed by atoms with Crippen LogP contribution in [0.2, 0.25) is 0 Å². The topological polar surface area (TPSA) is 63.9 Å². The average molecular weight is 203 g/mol. The fraction of sp³-hybridized carbons (Fsp3) is 0.182. The van der Waals surface area contributed by atoms with Crippen molar-refractivity contribution in [1.29, 1.82) is 0 Å². The minimum atomic E-state index is 0.469. The molecule has 0 aliphatic rings. The van der Waals surface area contributed by atoms with Crippen molar-refractivity contribution in [3.05, 3.63) is 36.2 Å². The number of ether oxygens (including phenoxy) is 1. The lowest BCUT2D eigenvalue weighted by atomic mass is 10.2. The third-order valence-electron chi connectivity index (χ3n) is 2.19. The first-order valence-electron chi connectivity index (χ1n) is 4.72. The maximum Gasteiger partial charge on any atom is 0.137 e. The number of rotatable bonds is 3. The number of methoxy groups -OCH3 is 1. The summed E-state index contributed by atoms with van der Waals surface area (Å²) in [4.78, 5) is 7.38. The molecule has 3 N–H and O–H groups in total. The van der Waals surface area contributed by atoms with Gasteiger partial charge in [-0.3, -0.25) is 0 Å². The molecule has 1 heterocycles. The van der Waals surface area contributed by atoms with E-state index in [-0.39, 0.29) is 0 Å². The maximum atomic E-state index is 5.50. The largest absolute Gasteiger partial charge is 0.497 e. The second-order valence-electron chi connectivity index (χ2n) is 3.19. The highest BCUT2D eigenvalue weighted by atomic mass is 16.5. The number of benzene rings is 1. The maximum absolute atomic E-state index is 5.50. The smallest absolute Gasteiger partial charge is 0.137 e. The highest BCUT2D eigenvalue weighted by Crippen LogP contribution is 2.20. The molecule has 2 aromatic rings. The molecule has 4 heteroatoms. The van der Waals surface area contributed by atoms with E-state index in [4.69, 9.17) is 10.5 Å². The number of nitrogens with one attached hydrogen (secondary N) is 1. The van der Waals surface area contributed by atoms with E-state index in [9.17, 15) is 0 Å². The Bertz CT molecular complexity index is 451. The van der Waals surface area contributed by atoms with Gasteiger partial charge in [-0.1, -0.05) is 12.1 Å². The van der Waals surface area contributed by atoms with Crippen LogP contribution >= 0.6 is 0 Å². The number of H-pyrrole nitrogens is 1. The Balaban J connectivity index is 2.35. The Morgan fingerprint density at radius 2 is 2.33 bits per heavy atom. The van der Waals surface area contributed by atoms with Gasteiger partial charge in [-0.25, -0.2) is 4.98 Å². The highest BCUT2D eigenvalue weighted by Gasteiger charge is 2.03. The normalized spacial score (nSPS) is 10.3. The van der Waals surface area contributed by atoms with Crippen molar-refractivity contribution in [2.45, 2.75) is 6.54 Å². The quantitative estimate of drug-likeness (QED) is 0.795. The minimum Gasteiger partial charge on any atom is -0.497 e. The molecule has 1 aromatic carbocycles. The summed E-state index contributed by atoms with van der Waals surface area (Å²) < 4.78 is 5.14. The second kappa shape index (κ2) is 4.14. The van der Waals surface area contributed by atoms with Gasteiger partial charge in [0.2, 0.25) is 0 Å². The standard InChI is InChI=1S/C11H13N3O/c1-15-10-4-2-3-8(5-10)11-13-7-9(6-12)14-11/h2-5,7H,6,12H2,1H3,(H,13,14). The lowest BCUT2D eigenvalue weighted by Gasteiger charge is -2.01. The minimum absolute atomic E-state index is 0.469. The lowest BCUT2D eigenvalue weighted by molar-refractivity contribution is 0.415. The van der Waals surface area contributed by atoms with Crippen LogP contribution in [0.1, 0.15) is 5.69 Å². The highest BCUT2D eigenvalue weighted by molar-refractivity contribution is 5.57. The Hall–Kier alpha value is -1.81. The number of hydrogen-bond acceptors (Lipinski definition) is 3. The molecule has 0 spiro atoms. The first-order valence-corrected chi connectivity index (χ1v) is 4.72. The molecule has 0 radical (unpaired) electrons. The van der Waals surface area contributed by atoms with Crippen LogP contribution in [0.4, 0.5) is 0 Å². The molecule has 0 saturated carbocycles. The van der Waals surface area contributed by atoms with E-state index in [1.165, 1.54) is 0 Å². The van der Waals surface area contributed by atoms with Gasteiger partial charge in [-0.2, -0.15) is 0 Å². The van der Waals surface area contributed by atoms with Gasteiger partial charge >= 0.3 is 0 Å². The molecule has 0 aliphatic heterocycles. The van der Waals surface area contributed by atoms with Gasteiger partial charge in [0.25, 0.3) is 0 Å². The van der Waals surface area contributed by atoms with Crippen LogP contribution in [0.15, 0.2) is 30.5 Å². The summed E-state index contributed by atoms with van der Waals surface area (Å²) in [5.41, 5.74) is 7.42. The van der Waals surface area contributed by atoms with Crippen LogP contribution in [0.5, 0.6) is 5.75 Å². The second-order valence-corrected chi connectivity index (χ2v) is 3.19. The predicted octanol–water partition coefficient (Wildman–Crippen LogP) is 1.54. The van der Waals surface area contributed by atoms with Gasteiger partial charge in [-0.15, -0.1) is 0 Å². The molecule has 0 bridgehead atoms. The molecule has 1 aromatic heterocycles. The fourth-order valence-corrected chi connectivity index (χ4v) is 1.38. The molecule has 15 heavy (non-hydrogen) atoms. The van der Waals surface area contributed by atoms with E-state index in [0.29, 0.717) is 6.54 Å². The van der Waals surface area contributed by atoms with Crippen LogP contribution in [-0.2, 0) is 6.54 Å². The molecule has 2 rings (SSSR count).